The average Bonchev–Trinajstić information content (AvgIpc) is 2.49. The zero-order chi connectivity index (χ0) is 16.6. The second-order valence-electron chi connectivity index (χ2n) is 6.29. The Balaban J connectivity index is 2.26. The van der Waals surface area contributed by atoms with Crippen LogP contribution in [0.5, 0.6) is 0 Å². The van der Waals surface area contributed by atoms with Crippen LogP contribution < -0.4 is 11.2 Å². The molecule has 122 valence electrons. The molecule has 1 heterocycles. The third-order valence-electron chi connectivity index (χ3n) is 4.84. The van der Waals surface area contributed by atoms with E-state index < -0.39 is 0 Å². The van der Waals surface area contributed by atoms with E-state index in [1.165, 1.54) is 28.8 Å². The van der Waals surface area contributed by atoms with Crippen LogP contribution >= 0.6 is 0 Å². The van der Waals surface area contributed by atoms with Gasteiger partial charge in [0.2, 0.25) is 0 Å². The molecule has 5 heteroatoms. The molecule has 2 aromatic rings. The predicted molar refractivity (Wildman–Crippen MR) is 87.9 cm³/mol. The van der Waals surface area contributed by atoms with Crippen LogP contribution in [0.15, 0.2) is 40.1 Å². The molecule has 0 amide bonds. The molecule has 1 aliphatic carbocycles. The molecule has 3 rings (SSSR count). The maximum atomic E-state index is 13.2. The van der Waals surface area contributed by atoms with Crippen LogP contribution in [-0.4, -0.2) is 9.13 Å². The van der Waals surface area contributed by atoms with E-state index in [0.29, 0.717) is 11.3 Å². The van der Waals surface area contributed by atoms with Gasteiger partial charge in [0.1, 0.15) is 5.82 Å². The van der Waals surface area contributed by atoms with Crippen LogP contribution in [0.3, 0.4) is 0 Å². The van der Waals surface area contributed by atoms with Gasteiger partial charge in [-0.15, -0.1) is 0 Å². The zero-order valence-corrected chi connectivity index (χ0v) is 13.5. The van der Waals surface area contributed by atoms with Gasteiger partial charge >= 0.3 is 5.69 Å². The lowest BCUT2D eigenvalue weighted by molar-refractivity contribution is 0.298. The molecule has 0 radical (unpaired) electrons. The first-order valence-electron chi connectivity index (χ1n) is 8.17. The van der Waals surface area contributed by atoms with Crippen molar-refractivity contribution in [3.8, 4) is 5.69 Å². The molecule has 1 aromatic carbocycles. The molecule has 0 saturated heterocycles. The first-order valence-corrected chi connectivity index (χ1v) is 8.17. The maximum Gasteiger partial charge on any atom is 0.335 e. The highest BCUT2D eigenvalue weighted by Crippen LogP contribution is 2.30. The minimum absolute atomic E-state index is 0.0705. The molecule has 1 unspecified atom stereocenters. The lowest BCUT2D eigenvalue weighted by Crippen LogP contribution is -2.43. The molecular formula is C18H21FN2O2. The Bertz CT molecular complexity index is 779. The fourth-order valence-electron chi connectivity index (χ4n) is 2.89. The Hall–Kier alpha value is -2.17. The summed E-state index contributed by atoms with van der Waals surface area (Å²) in [6.07, 6.45) is 5.58. The van der Waals surface area contributed by atoms with Gasteiger partial charge in [0.15, 0.2) is 0 Å². The fraction of sp³-hybridized carbons (Fsp3) is 0.444. The monoisotopic (exact) mass is 316 g/mol. The van der Waals surface area contributed by atoms with Crippen molar-refractivity contribution in [3.05, 3.63) is 62.7 Å². The summed E-state index contributed by atoms with van der Waals surface area (Å²) in [5, 5.41) is 0. The first-order chi connectivity index (χ1) is 11.0. The van der Waals surface area contributed by atoms with Gasteiger partial charge in [-0.05, 0) is 55.9 Å². The second kappa shape index (κ2) is 6.14. The van der Waals surface area contributed by atoms with Crippen LogP contribution in [0.2, 0.25) is 0 Å². The van der Waals surface area contributed by atoms with Gasteiger partial charge in [-0.2, -0.15) is 0 Å². The highest BCUT2D eigenvalue weighted by molar-refractivity contribution is 5.33. The molecule has 0 bridgehead atoms. The summed E-state index contributed by atoms with van der Waals surface area (Å²) in [5.74, 6) is -0.319. The molecule has 1 fully saturated rings. The van der Waals surface area contributed by atoms with Crippen molar-refractivity contribution in [1.82, 2.24) is 9.13 Å². The third-order valence-corrected chi connectivity index (χ3v) is 4.84. The standard InChI is InChI=1S/C18H21FN2O2/c1-3-12(2)16-11-20(14-5-4-6-14)18(23)21(17(16)22)15-9-7-13(19)8-10-15/h7-12,14H,3-6H2,1-2H3. The quantitative estimate of drug-likeness (QED) is 0.868. The molecule has 1 atom stereocenters. The number of benzene rings is 1. The molecule has 0 N–H and O–H groups in total. The molecule has 1 saturated carbocycles. The van der Waals surface area contributed by atoms with E-state index >= 15 is 0 Å². The molecule has 0 spiro atoms. The van der Waals surface area contributed by atoms with Gasteiger partial charge < -0.3 is 0 Å². The molecule has 1 aliphatic rings. The molecule has 0 aliphatic heterocycles. The van der Waals surface area contributed by atoms with Crippen LogP contribution in [0.4, 0.5) is 4.39 Å². The Kier molecular flexibility index (Phi) is 4.20. The zero-order valence-electron chi connectivity index (χ0n) is 13.5. The number of hydrogen-bond acceptors (Lipinski definition) is 2. The van der Waals surface area contributed by atoms with Gasteiger partial charge in [-0.25, -0.2) is 13.8 Å². The van der Waals surface area contributed by atoms with E-state index in [4.69, 9.17) is 0 Å². The van der Waals surface area contributed by atoms with Crippen LogP contribution in [0.25, 0.3) is 5.69 Å². The highest BCUT2D eigenvalue weighted by Gasteiger charge is 2.24. The third kappa shape index (κ3) is 2.76. The predicted octanol–water partition coefficient (Wildman–Crippen LogP) is 3.38. The topological polar surface area (TPSA) is 44.0 Å². The molecule has 4 nitrogen and oxygen atoms in total. The average molecular weight is 316 g/mol. The lowest BCUT2D eigenvalue weighted by Gasteiger charge is -2.29. The Morgan fingerprint density at radius 3 is 2.39 bits per heavy atom. The van der Waals surface area contributed by atoms with Crippen molar-refractivity contribution in [1.29, 1.82) is 0 Å². The Morgan fingerprint density at radius 1 is 1.22 bits per heavy atom. The lowest BCUT2D eigenvalue weighted by atomic mass is 9.92. The van der Waals surface area contributed by atoms with Crippen molar-refractivity contribution in [2.45, 2.75) is 51.5 Å². The summed E-state index contributed by atoms with van der Waals surface area (Å²) < 4.78 is 16.0. The van der Waals surface area contributed by atoms with E-state index in [1.54, 1.807) is 10.8 Å². The fourth-order valence-corrected chi connectivity index (χ4v) is 2.89. The van der Waals surface area contributed by atoms with E-state index in [1.807, 2.05) is 13.8 Å². The Labute approximate surface area is 134 Å². The summed E-state index contributed by atoms with van der Waals surface area (Å²) in [6.45, 7) is 4.01. The van der Waals surface area contributed by atoms with Gasteiger partial charge in [0.05, 0.1) is 5.69 Å². The Morgan fingerprint density at radius 2 is 1.87 bits per heavy atom. The van der Waals surface area contributed by atoms with E-state index in [9.17, 15) is 14.0 Å². The largest absolute Gasteiger partial charge is 0.335 e. The van der Waals surface area contributed by atoms with Crippen LogP contribution in [0.1, 0.15) is 57.1 Å². The number of aromatic nitrogens is 2. The minimum Gasteiger partial charge on any atom is -0.297 e. The van der Waals surface area contributed by atoms with Gasteiger partial charge in [-0.1, -0.05) is 13.8 Å². The van der Waals surface area contributed by atoms with Gasteiger partial charge in [0.25, 0.3) is 5.56 Å². The highest BCUT2D eigenvalue weighted by atomic mass is 19.1. The smallest absolute Gasteiger partial charge is 0.297 e. The van der Waals surface area contributed by atoms with Crippen molar-refractivity contribution in [3.63, 3.8) is 0 Å². The van der Waals surface area contributed by atoms with E-state index in [-0.39, 0.29) is 29.0 Å². The number of hydrogen-bond donors (Lipinski definition) is 0. The molecule has 1 aromatic heterocycles. The van der Waals surface area contributed by atoms with Crippen molar-refractivity contribution in [2.75, 3.05) is 0 Å². The summed E-state index contributed by atoms with van der Waals surface area (Å²) in [7, 11) is 0. The maximum absolute atomic E-state index is 13.2. The first kappa shape index (κ1) is 15.7. The normalized spacial score (nSPS) is 16.1. The van der Waals surface area contributed by atoms with Crippen LogP contribution in [-0.2, 0) is 0 Å². The molecular weight excluding hydrogens is 295 g/mol. The summed E-state index contributed by atoms with van der Waals surface area (Å²) in [4.78, 5) is 25.6. The van der Waals surface area contributed by atoms with Gasteiger partial charge in [-0.3, -0.25) is 9.36 Å². The molecule has 23 heavy (non-hydrogen) atoms. The number of halogens is 1. The SMILES string of the molecule is CCC(C)c1cn(C2CCC2)c(=O)n(-c2ccc(F)cc2)c1=O. The van der Waals surface area contributed by atoms with E-state index in [0.717, 1.165) is 25.7 Å². The van der Waals surface area contributed by atoms with Crippen molar-refractivity contribution in [2.24, 2.45) is 0 Å². The number of rotatable bonds is 4. The summed E-state index contributed by atoms with van der Waals surface area (Å²) >= 11 is 0. The van der Waals surface area contributed by atoms with E-state index in [2.05, 4.69) is 0 Å². The summed E-state index contributed by atoms with van der Waals surface area (Å²) in [6, 6.07) is 5.65. The second-order valence-corrected chi connectivity index (χ2v) is 6.29. The number of nitrogens with zero attached hydrogens (tertiary/aromatic N) is 2. The summed E-state index contributed by atoms with van der Waals surface area (Å²) in [5.41, 5.74) is 0.424. The minimum atomic E-state index is -0.390. The van der Waals surface area contributed by atoms with Crippen molar-refractivity contribution < 1.29 is 4.39 Å². The van der Waals surface area contributed by atoms with Crippen molar-refractivity contribution >= 4 is 0 Å². The van der Waals surface area contributed by atoms with Gasteiger partial charge in [0, 0.05) is 17.8 Å². The van der Waals surface area contributed by atoms with Crippen LogP contribution in [0, 0.1) is 5.82 Å².